The largest absolute Gasteiger partial charge is 0.393 e. The van der Waals surface area contributed by atoms with Crippen molar-refractivity contribution in [3.63, 3.8) is 0 Å². The first-order valence-corrected chi connectivity index (χ1v) is 12.7. The van der Waals surface area contributed by atoms with Crippen molar-refractivity contribution in [1.82, 2.24) is 0 Å². The van der Waals surface area contributed by atoms with E-state index >= 15 is 0 Å². The summed E-state index contributed by atoms with van der Waals surface area (Å²) in [5.74, 6) is 4.31. The Bertz CT molecular complexity index is 603. The number of fused-ring (bicyclic) bond motifs is 4. The SMILES string of the molecule is CC(C)CCCC(C)[C@H]1CCC2C3=C(CC[C@@]21C)[C@@]1(C)CC[C@H](O)C[C@@H]1CC3. The second-order valence-electron chi connectivity index (χ2n) is 12.1. The Kier molecular flexibility index (Phi) is 5.80. The summed E-state index contributed by atoms with van der Waals surface area (Å²) in [6, 6.07) is 0. The predicted molar refractivity (Wildman–Crippen MR) is 119 cm³/mol. The summed E-state index contributed by atoms with van der Waals surface area (Å²) in [5.41, 5.74) is 4.77. The maximum absolute atomic E-state index is 10.2. The molecule has 2 fully saturated rings. The molecule has 0 radical (unpaired) electrons. The minimum absolute atomic E-state index is 0.0309. The minimum atomic E-state index is -0.0309. The van der Waals surface area contributed by atoms with Crippen LogP contribution in [0.25, 0.3) is 0 Å². The molecule has 0 aromatic carbocycles. The first kappa shape index (κ1) is 21.0. The maximum Gasteiger partial charge on any atom is 0.0543 e. The normalized spacial score (nSPS) is 44.2. The van der Waals surface area contributed by atoms with E-state index in [2.05, 4.69) is 34.6 Å². The zero-order valence-electron chi connectivity index (χ0n) is 19.4. The van der Waals surface area contributed by atoms with Gasteiger partial charge in [0.05, 0.1) is 6.10 Å². The van der Waals surface area contributed by atoms with Crippen molar-refractivity contribution in [2.45, 2.75) is 118 Å². The highest BCUT2D eigenvalue weighted by Gasteiger charge is 2.55. The molecule has 160 valence electrons. The number of hydrogen-bond acceptors (Lipinski definition) is 1. The molecule has 4 rings (SSSR count). The van der Waals surface area contributed by atoms with Crippen molar-refractivity contribution in [1.29, 1.82) is 0 Å². The number of allylic oxidation sites excluding steroid dienone is 2. The van der Waals surface area contributed by atoms with E-state index in [1.165, 1.54) is 64.2 Å². The molecule has 2 unspecified atom stereocenters. The molecule has 7 atom stereocenters. The van der Waals surface area contributed by atoms with Gasteiger partial charge < -0.3 is 5.11 Å². The standard InChI is InChI=1S/C27H46O/c1-18(2)7-6-8-19(3)23-11-12-24-22-10-9-20-17-21(28)13-15-26(20,4)25(22)14-16-27(23,24)5/h18-21,23-24,28H,6-17H2,1-5H3/t19?,20-,21-,23+,24?,26-,27+/m0/s1. The van der Waals surface area contributed by atoms with Gasteiger partial charge in [0.25, 0.3) is 0 Å². The molecule has 1 heteroatoms. The first-order valence-electron chi connectivity index (χ1n) is 12.7. The molecule has 0 spiro atoms. The van der Waals surface area contributed by atoms with E-state index in [1.54, 1.807) is 0 Å². The lowest BCUT2D eigenvalue weighted by Crippen LogP contribution is -2.45. The van der Waals surface area contributed by atoms with E-state index in [0.717, 1.165) is 42.4 Å². The van der Waals surface area contributed by atoms with Crippen LogP contribution in [0.1, 0.15) is 112 Å². The maximum atomic E-state index is 10.2. The van der Waals surface area contributed by atoms with Gasteiger partial charge in [0, 0.05) is 0 Å². The molecule has 0 saturated heterocycles. The lowest BCUT2D eigenvalue weighted by atomic mass is 9.50. The molecule has 4 aliphatic carbocycles. The molecule has 0 aromatic rings. The average Bonchev–Trinajstić information content (AvgIpc) is 2.99. The summed E-state index contributed by atoms with van der Waals surface area (Å²) < 4.78 is 0. The Hall–Kier alpha value is -0.300. The summed E-state index contributed by atoms with van der Waals surface area (Å²) in [7, 11) is 0. The van der Waals surface area contributed by atoms with Gasteiger partial charge in [-0.15, -0.1) is 0 Å². The fourth-order valence-electron chi connectivity index (χ4n) is 8.46. The van der Waals surface area contributed by atoms with Gasteiger partial charge in [-0.3, -0.25) is 0 Å². The third-order valence-corrected chi connectivity index (χ3v) is 10.2. The fraction of sp³-hybridized carbons (Fsp3) is 0.926. The van der Waals surface area contributed by atoms with E-state index in [4.69, 9.17) is 0 Å². The molecule has 28 heavy (non-hydrogen) atoms. The molecule has 0 aromatic heterocycles. The topological polar surface area (TPSA) is 20.2 Å². The van der Waals surface area contributed by atoms with Crippen LogP contribution < -0.4 is 0 Å². The van der Waals surface area contributed by atoms with Gasteiger partial charge in [0.1, 0.15) is 0 Å². The van der Waals surface area contributed by atoms with Gasteiger partial charge in [0.15, 0.2) is 0 Å². The molecular formula is C27H46O. The highest BCUT2D eigenvalue weighted by Crippen LogP contribution is 2.66. The molecule has 0 aliphatic heterocycles. The highest BCUT2D eigenvalue weighted by atomic mass is 16.3. The zero-order valence-corrected chi connectivity index (χ0v) is 19.4. The van der Waals surface area contributed by atoms with E-state index in [1.807, 2.05) is 11.1 Å². The average molecular weight is 387 g/mol. The minimum Gasteiger partial charge on any atom is -0.393 e. The number of hydrogen-bond donors (Lipinski definition) is 1. The second-order valence-corrected chi connectivity index (χ2v) is 12.1. The van der Waals surface area contributed by atoms with Gasteiger partial charge in [-0.2, -0.15) is 0 Å². The summed E-state index contributed by atoms with van der Waals surface area (Å²) >= 11 is 0. The van der Waals surface area contributed by atoms with Crippen molar-refractivity contribution in [3.05, 3.63) is 11.1 Å². The van der Waals surface area contributed by atoms with Crippen molar-refractivity contribution in [3.8, 4) is 0 Å². The molecular weight excluding hydrogens is 340 g/mol. The summed E-state index contributed by atoms with van der Waals surface area (Å²) in [5, 5.41) is 10.2. The van der Waals surface area contributed by atoms with Gasteiger partial charge in [-0.1, -0.05) is 65.0 Å². The van der Waals surface area contributed by atoms with Crippen molar-refractivity contribution >= 4 is 0 Å². The highest BCUT2D eigenvalue weighted by molar-refractivity contribution is 5.34. The Labute approximate surface area is 174 Å². The van der Waals surface area contributed by atoms with E-state index in [-0.39, 0.29) is 6.10 Å². The molecule has 1 N–H and O–H groups in total. The van der Waals surface area contributed by atoms with E-state index in [0.29, 0.717) is 10.8 Å². The van der Waals surface area contributed by atoms with E-state index in [9.17, 15) is 5.11 Å². The molecule has 0 heterocycles. The molecule has 0 bridgehead atoms. The van der Waals surface area contributed by atoms with Crippen LogP contribution in [-0.4, -0.2) is 11.2 Å². The van der Waals surface area contributed by atoms with Crippen molar-refractivity contribution < 1.29 is 5.11 Å². The Morgan fingerprint density at radius 2 is 1.75 bits per heavy atom. The van der Waals surface area contributed by atoms with Crippen molar-refractivity contribution in [2.24, 2.45) is 40.4 Å². The van der Waals surface area contributed by atoms with Gasteiger partial charge >= 0.3 is 0 Å². The smallest absolute Gasteiger partial charge is 0.0543 e. The van der Waals surface area contributed by atoms with Crippen LogP contribution in [0.5, 0.6) is 0 Å². The van der Waals surface area contributed by atoms with E-state index < -0.39 is 0 Å². The van der Waals surface area contributed by atoms with Gasteiger partial charge in [0.2, 0.25) is 0 Å². The van der Waals surface area contributed by atoms with Crippen LogP contribution in [0.4, 0.5) is 0 Å². The fourth-order valence-corrected chi connectivity index (χ4v) is 8.46. The van der Waals surface area contributed by atoms with Crippen LogP contribution in [0.2, 0.25) is 0 Å². The van der Waals surface area contributed by atoms with Crippen molar-refractivity contribution in [2.75, 3.05) is 0 Å². The third kappa shape index (κ3) is 3.42. The summed E-state index contributed by atoms with van der Waals surface area (Å²) in [6.45, 7) is 12.6. The van der Waals surface area contributed by atoms with Crippen LogP contribution in [-0.2, 0) is 0 Å². The summed E-state index contributed by atoms with van der Waals surface area (Å²) in [6.07, 6.45) is 16.0. The number of aliphatic hydroxyl groups is 1. The number of rotatable bonds is 5. The summed E-state index contributed by atoms with van der Waals surface area (Å²) in [4.78, 5) is 0. The zero-order chi connectivity index (χ0) is 20.1. The Balaban J connectivity index is 1.52. The Morgan fingerprint density at radius 3 is 2.50 bits per heavy atom. The van der Waals surface area contributed by atoms with Crippen LogP contribution in [0.3, 0.4) is 0 Å². The Morgan fingerprint density at radius 1 is 0.964 bits per heavy atom. The molecule has 4 aliphatic rings. The monoisotopic (exact) mass is 386 g/mol. The number of aliphatic hydroxyl groups excluding tert-OH is 1. The molecule has 1 nitrogen and oxygen atoms in total. The van der Waals surface area contributed by atoms with Gasteiger partial charge in [-0.05, 0) is 98.2 Å². The van der Waals surface area contributed by atoms with Crippen LogP contribution in [0, 0.1) is 40.4 Å². The van der Waals surface area contributed by atoms with Crippen LogP contribution >= 0.6 is 0 Å². The lowest BCUT2D eigenvalue weighted by molar-refractivity contribution is 0.0132. The quantitative estimate of drug-likeness (QED) is 0.484. The second kappa shape index (κ2) is 7.75. The predicted octanol–water partition coefficient (Wildman–Crippen LogP) is 7.53. The lowest BCUT2D eigenvalue weighted by Gasteiger charge is -2.55. The first-order chi connectivity index (χ1) is 13.3. The molecule has 2 saturated carbocycles. The van der Waals surface area contributed by atoms with Crippen LogP contribution in [0.15, 0.2) is 11.1 Å². The third-order valence-electron chi connectivity index (χ3n) is 10.2. The molecule has 0 amide bonds. The van der Waals surface area contributed by atoms with Gasteiger partial charge in [-0.25, -0.2) is 0 Å².